The van der Waals surface area contributed by atoms with Crippen LogP contribution in [0.25, 0.3) is 11.3 Å². The summed E-state index contributed by atoms with van der Waals surface area (Å²) in [5, 5.41) is 15.7. The Kier molecular flexibility index (Phi) is 7.42. The van der Waals surface area contributed by atoms with Crippen molar-refractivity contribution < 1.29 is 13.6 Å². The van der Waals surface area contributed by atoms with E-state index in [1.165, 1.54) is 12.3 Å². The Labute approximate surface area is 219 Å². The highest BCUT2D eigenvalue weighted by atomic mass is 19.1. The van der Waals surface area contributed by atoms with Gasteiger partial charge in [0.15, 0.2) is 5.82 Å². The molecule has 2 aliphatic rings. The minimum absolute atomic E-state index is 0.0167. The molecule has 196 valence electrons. The number of pyridine rings is 1. The number of nitrogens with zero attached hydrogens (tertiary/aromatic N) is 6. The van der Waals surface area contributed by atoms with E-state index in [-0.39, 0.29) is 35.7 Å². The standard InChI is InChI=1S/C27H28F2N8O/c1-36-9-7-22(8-10-36)33-26(38)17-2-4-21(5-3-17)34-27-32-15-23(29)24(35-27)19-12-18(13-30)25(31-14-19)37-11-6-20(28)16-37/h2-5,12,14-15,20,22H,6-11,16H2,1H3,(H,33,38)(H,32,34,35). The maximum Gasteiger partial charge on any atom is 0.251 e. The fourth-order valence-corrected chi connectivity index (χ4v) is 4.72. The minimum Gasteiger partial charge on any atom is -0.352 e. The summed E-state index contributed by atoms with van der Waals surface area (Å²) in [6, 6.07) is 10.6. The number of halogens is 2. The lowest BCUT2D eigenvalue weighted by molar-refractivity contribution is 0.0917. The summed E-state index contributed by atoms with van der Waals surface area (Å²) in [6.45, 7) is 2.57. The number of alkyl halides is 1. The smallest absolute Gasteiger partial charge is 0.251 e. The molecule has 0 bridgehead atoms. The number of amides is 1. The Morgan fingerprint density at radius 2 is 1.87 bits per heavy atom. The van der Waals surface area contributed by atoms with Crippen LogP contribution in [0.5, 0.6) is 0 Å². The van der Waals surface area contributed by atoms with Crippen LogP contribution >= 0.6 is 0 Å². The van der Waals surface area contributed by atoms with Crippen LogP contribution in [-0.2, 0) is 0 Å². The molecule has 1 atom stereocenters. The Morgan fingerprint density at radius 3 is 2.55 bits per heavy atom. The van der Waals surface area contributed by atoms with Crippen molar-refractivity contribution in [3.63, 3.8) is 0 Å². The van der Waals surface area contributed by atoms with Gasteiger partial charge in [0.2, 0.25) is 5.95 Å². The number of benzene rings is 1. The van der Waals surface area contributed by atoms with Crippen molar-refractivity contribution in [3.05, 3.63) is 59.7 Å². The second kappa shape index (κ2) is 11.1. The summed E-state index contributed by atoms with van der Waals surface area (Å²) in [6.07, 6.45) is 3.75. The van der Waals surface area contributed by atoms with Gasteiger partial charge in [-0.1, -0.05) is 0 Å². The fraction of sp³-hybridized carbons (Fsp3) is 0.370. The number of piperidine rings is 1. The van der Waals surface area contributed by atoms with Gasteiger partial charge in [0.05, 0.1) is 18.3 Å². The van der Waals surface area contributed by atoms with Crippen molar-refractivity contribution in [2.24, 2.45) is 0 Å². The first kappa shape index (κ1) is 25.5. The number of nitrogens with one attached hydrogen (secondary N) is 2. The normalized spacial score (nSPS) is 18.3. The van der Waals surface area contributed by atoms with Gasteiger partial charge in [-0.05, 0) is 69.7 Å². The third kappa shape index (κ3) is 5.70. The highest BCUT2D eigenvalue weighted by Crippen LogP contribution is 2.29. The molecular weight excluding hydrogens is 490 g/mol. The molecule has 9 nitrogen and oxygen atoms in total. The molecule has 1 unspecified atom stereocenters. The van der Waals surface area contributed by atoms with E-state index < -0.39 is 12.0 Å². The van der Waals surface area contributed by atoms with Crippen molar-refractivity contribution in [3.8, 4) is 17.3 Å². The molecule has 2 N–H and O–H groups in total. The number of anilines is 3. The molecule has 0 spiro atoms. The van der Waals surface area contributed by atoms with Gasteiger partial charge in [0, 0.05) is 35.6 Å². The van der Waals surface area contributed by atoms with E-state index in [0.29, 0.717) is 35.6 Å². The number of hydrogen-bond acceptors (Lipinski definition) is 8. The SMILES string of the molecule is CN1CCC(NC(=O)c2ccc(Nc3ncc(F)c(-c4cnc(N5CCC(F)C5)c(C#N)c4)n3)cc2)CC1. The van der Waals surface area contributed by atoms with Gasteiger partial charge in [0.25, 0.3) is 5.91 Å². The summed E-state index contributed by atoms with van der Waals surface area (Å²) in [5.74, 6) is -0.261. The molecule has 2 aromatic heterocycles. The monoisotopic (exact) mass is 518 g/mol. The first-order valence-corrected chi connectivity index (χ1v) is 12.6. The van der Waals surface area contributed by atoms with Gasteiger partial charge in [-0.3, -0.25) is 4.79 Å². The lowest BCUT2D eigenvalue weighted by atomic mass is 10.0. The summed E-state index contributed by atoms with van der Waals surface area (Å²) < 4.78 is 28.3. The maximum absolute atomic E-state index is 14.7. The molecule has 2 fully saturated rings. The van der Waals surface area contributed by atoms with E-state index >= 15 is 0 Å². The molecule has 0 saturated carbocycles. The number of carbonyl (C=O) groups is 1. The molecule has 0 aliphatic carbocycles. The van der Waals surface area contributed by atoms with Crippen LogP contribution < -0.4 is 15.5 Å². The lowest BCUT2D eigenvalue weighted by Gasteiger charge is -2.29. The topological polar surface area (TPSA) is 110 Å². The van der Waals surface area contributed by atoms with E-state index in [0.717, 1.165) is 32.1 Å². The average molecular weight is 519 g/mol. The summed E-state index contributed by atoms with van der Waals surface area (Å²) in [4.78, 5) is 29.2. The van der Waals surface area contributed by atoms with Crippen molar-refractivity contribution >= 4 is 23.4 Å². The van der Waals surface area contributed by atoms with Crippen molar-refractivity contribution in [2.45, 2.75) is 31.5 Å². The highest BCUT2D eigenvalue weighted by molar-refractivity contribution is 5.94. The van der Waals surface area contributed by atoms with Gasteiger partial charge in [0.1, 0.15) is 23.8 Å². The van der Waals surface area contributed by atoms with Crippen molar-refractivity contribution in [2.75, 3.05) is 43.4 Å². The van der Waals surface area contributed by atoms with Crippen LogP contribution in [0.4, 0.5) is 26.2 Å². The summed E-state index contributed by atoms with van der Waals surface area (Å²) >= 11 is 0. The Morgan fingerprint density at radius 1 is 1.11 bits per heavy atom. The van der Waals surface area contributed by atoms with Crippen LogP contribution in [0, 0.1) is 17.1 Å². The largest absolute Gasteiger partial charge is 0.352 e. The molecule has 2 saturated heterocycles. The van der Waals surface area contributed by atoms with E-state index in [1.807, 2.05) is 0 Å². The Balaban J connectivity index is 1.28. The predicted molar refractivity (Wildman–Crippen MR) is 139 cm³/mol. The lowest BCUT2D eigenvalue weighted by Crippen LogP contribution is -2.43. The van der Waals surface area contributed by atoms with E-state index in [9.17, 15) is 18.8 Å². The Hall–Kier alpha value is -4.17. The van der Waals surface area contributed by atoms with Gasteiger partial charge in [-0.2, -0.15) is 5.26 Å². The molecule has 0 radical (unpaired) electrons. The molecular formula is C27H28F2N8O. The molecule has 38 heavy (non-hydrogen) atoms. The molecule has 1 aromatic carbocycles. The first-order chi connectivity index (χ1) is 18.4. The summed E-state index contributed by atoms with van der Waals surface area (Å²) in [7, 11) is 2.08. The Bertz CT molecular complexity index is 1350. The first-order valence-electron chi connectivity index (χ1n) is 12.6. The van der Waals surface area contributed by atoms with Gasteiger partial charge < -0.3 is 20.4 Å². The zero-order valence-corrected chi connectivity index (χ0v) is 21.0. The molecule has 11 heteroatoms. The maximum atomic E-state index is 14.7. The van der Waals surface area contributed by atoms with Crippen LogP contribution in [0.2, 0.25) is 0 Å². The highest BCUT2D eigenvalue weighted by Gasteiger charge is 2.25. The number of nitriles is 1. The van der Waals surface area contributed by atoms with E-state index in [1.54, 1.807) is 29.2 Å². The summed E-state index contributed by atoms with van der Waals surface area (Å²) in [5.41, 5.74) is 1.68. The van der Waals surface area contributed by atoms with Crippen LogP contribution in [0.1, 0.15) is 35.2 Å². The quantitative estimate of drug-likeness (QED) is 0.509. The third-order valence-corrected chi connectivity index (χ3v) is 6.89. The van der Waals surface area contributed by atoms with Crippen LogP contribution in [-0.4, -0.2) is 71.2 Å². The number of aromatic nitrogens is 3. The molecule has 4 heterocycles. The zero-order chi connectivity index (χ0) is 26.6. The number of hydrogen-bond donors (Lipinski definition) is 2. The zero-order valence-electron chi connectivity index (χ0n) is 21.0. The molecule has 3 aromatic rings. The van der Waals surface area contributed by atoms with Gasteiger partial charge >= 0.3 is 0 Å². The number of carbonyl (C=O) groups excluding carboxylic acids is 1. The fourth-order valence-electron chi connectivity index (χ4n) is 4.72. The third-order valence-electron chi connectivity index (χ3n) is 6.89. The van der Waals surface area contributed by atoms with Crippen LogP contribution in [0.15, 0.2) is 42.7 Å². The second-order valence-corrected chi connectivity index (χ2v) is 9.68. The average Bonchev–Trinajstić information content (AvgIpc) is 3.37. The number of rotatable bonds is 6. The molecule has 1 amide bonds. The minimum atomic E-state index is -0.960. The van der Waals surface area contributed by atoms with Gasteiger partial charge in [-0.25, -0.2) is 23.7 Å². The molecule has 2 aliphatic heterocycles. The van der Waals surface area contributed by atoms with Crippen molar-refractivity contribution in [1.82, 2.24) is 25.2 Å². The second-order valence-electron chi connectivity index (χ2n) is 9.68. The van der Waals surface area contributed by atoms with Crippen molar-refractivity contribution in [1.29, 1.82) is 5.26 Å². The number of likely N-dealkylation sites (tertiary alicyclic amines) is 1. The van der Waals surface area contributed by atoms with Gasteiger partial charge in [-0.15, -0.1) is 0 Å². The van der Waals surface area contributed by atoms with E-state index in [4.69, 9.17) is 0 Å². The van der Waals surface area contributed by atoms with Crippen LogP contribution in [0.3, 0.4) is 0 Å². The predicted octanol–water partition coefficient (Wildman–Crippen LogP) is 3.67. The molecule has 5 rings (SSSR count). The van der Waals surface area contributed by atoms with E-state index in [2.05, 4.69) is 43.6 Å².